The summed E-state index contributed by atoms with van der Waals surface area (Å²) in [5, 5.41) is 12.4. The molecule has 5 rings (SSSR count). The summed E-state index contributed by atoms with van der Waals surface area (Å²) in [7, 11) is 0. The quantitative estimate of drug-likeness (QED) is 0.414. The summed E-state index contributed by atoms with van der Waals surface area (Å²) in [6, 6.07) is 23.8. The Labute approximate surface area is 195 Å². The molecule has 8 heteroatoms. The third-order valence-corrected chi connectivity index (χ3v) is 6.15. The minimum Gasteiger partial charge on any atom is -0.454 e. The van der Waals surface area contributed by atoms with Crippen molar-refractivity contribution < 1.29 is 14.3 Å². The van der Waals surface area contributed by atoms with Crippen molar-refractivity contribution in [1.29, 1.82) is 0 Å². The smallest absolute Gasteiger partial charge is 0.231 e. The van der Waals surface area contributed by atoms with E-state index in [1.165, 1.54) is 17.3 Å². The number of ether oxygens (including phenoxy) is 2. The Hall–Kier alpha value is -3.78. The summed E-state index contributed by atoms with van der Waals surface area (Å²) >= 11 is 1.36. The van der Waals surface area contributed by atoms with Crippen molar-refractivity contribution in [1.82, 2.24) is 20.1 Å². The van der Waals surface area contributed by atoms with Gasteiger partial charge in [-0.2, -0.15) is 0 Å². The van der Waals surface area contributed by atoms with Gasteiger partial charge in [0.15, 0.2) is 22.5 Å². The van der Waals surface area contributed by atoms with E-state index in [-0.39, 0.29) is 18.5 Å². The number of amides is 1. The van der Waals surface area contributed by atoms with Crippen molar-refractivity contribution in [2.75, 3.05) is 12.5 Å². The highest BCUT2D eigenvalue weighted by Gasteiger charge is 2.18. The van der Waals surface area contributed by atoms with Gasteiger partial charge in [0.05, 0.1) is 5.75 Å². The normalized spacial score (nSPS) is 12.0. The number of benzene rings is 3. The summed E-state index contributed by atoms with van der Waals surface area (Å²) in [4.78, 5) is 12.5. The van der Waals surface area contributed by atoms with Crippen LogP contribution >= 0.6 is 11.8 Å². The Bertz CT molecular complexity index is 1270. The lowest BCUT2D eigenvalue weighted by molar-refractivity contribution is -0.118. The number of nitrogens with one attached hydrogen (secondary N) is 1. The summed E-state index contributed by atoms with van der Waals surface area (Å²) in [5.74, 6) is 2.31. The van der Waals surface area contributed by atoms with Crippen LogP contribution in [0.25, 0.3) is 17.1 Å². The third-order valence-electron chi connectivity index (χ3n) is 5.22. The molecule has 7 nitrogen and oxygen atoms in total. The first kappa shape index (κ1) is 21.1. The number of carbonyl (C=O) groups is 1. The van der Waals surface area contributed by atoms with Crippen LogP contribution in [0.5, 0.6) is 11.5 Å². The van der Waals surface area contributed by atoms with Gasteiger partial charge in [0.25, 0.3) is 0 Å². The van der Waals surface area contributed by atoms with Crippen LogP contribution in [0.15, 0.2) is 78.0 Å². The maximum Gasteiger partial charge on any atom is 0.231 e. The molecule has 4 aromatic rings. The summed E-state index contributed by atoms with van der Waals surface area (Å²) in [6.45, 7) is 2.69. The molecule has 3 aromatic carbocycles. The minimum absolute atomic E-state index is 0.0858. The zero-order valence-electron chi connectivity index (χ0n) is 18.0. The van der Waals surface area contributed by atoms with E-state index in [4.69, 9.17) is 9.47 Å². The third kappa shape index (κ3) is 4.70. The minimum atomic E-state index is -0.0858. The lowest BCUT2D eigenvalue weighted by Gasteiger charge is -2.11. The first-order chi connectivity index (χ1) is 16.2. The summed E-state index contributed by atoms with van der Waals surface area (Å²) in [5.41, 5.74) is 4.04. The molecule has 1 aromatic heterocycles. The molecule has 0 spiro atoms. The van der Waals surface area contributed by atoms with Crippen LogP contribution in [0.2, 0.25) is 0 Å². The molecule has 0 fully saturated rings. The number of aryl methyl sites for hydroxylation is 1. The van der Waals surface area contributed by atoms with Crippen molar-refractivity contribution in [3.05, 3.63) is 83.9 Å². The molecule has 0 radical (unpaired) electrons. The molecule has 0 unspecified atom stereocenters. The molecular formula is C25H22N4O3S. The van der Waals surface area contributed by atoms with E-state index in [1.54, 1.807) is 0 Å². The molecule has 1 amide bonds. The van der Waals surface area contributed by atoms with Crippen molar-refractivity contribution in [2.45, 2.75) is 18.6 Å². The maximum absolute atomic E-state index is 12.5. The molecule has 0 saturated carbocycles. The van der Waals surface area contributed by atoms with Crippen LogP contribution in [-0.2, 0) is 11.3 Å². The number of hydrogen-bond acceptors (Lipinski definition) is 6. The highest BCUT2D eigenvalue weighted by molar-refractivity contribution is 7.99. The molecule has 0 bridgehead atoms. The fourth-order valence-electron chi connectivity index (χ4n) is 3.50. The zero-order valence-corrected chi connectivity index (χ0v) is 18.8. The van der Waals surface area contributed by atoms with E-state index in [1.807, 2.05) is 72.2 Å². The van der Waals surface area contributed by atoms with Gasteiger partial charge in [-0.3, -0.25) is 9.36 Å². The number of thioether (sulfide) groups is 1. The van der Waals surface area contributed by atoms with Gasteiger partial charge in [-0.25, -0.2) is 0 Å². The fourth-order valence-corrected chi connectivity index (χ4v) is 4.28. The largest absolute Gasteiger partial charge is 0.454 e. The number of hydrogen-bond donors (Lipinski definition) is 1. The molecule has 1 aliphatic heterocycles. The topological polar surface area (TPSA) is 78.3 Å². The second kappa shape index (κ2) is 9.38. The van der Waals surface area contributed by atoms with Gasteiger partial charge in [0, 0.05) is 17.8 Å². The van der Waals surface area contributed by atoms with Gasteiger partial charge in [-0.15, -0.1) is 10.2 Å². The number of aromatic nitrogens is 3. The van der Waals surface area contributed by atoms with E-state index in [0.717, 1.165) is 28.4 Å². The van der Waals surface area contributed by atoms with Gasteiger partial charge in [0.1, 0.15) is 0 Å². The van der Waals surface area contributed by atoms with Gasteiger partial charge in [0.2, 0.25) is 12.7 Å². The SMILES string of the molecule is Cc1ccc(-n2c(SCC(=O)NCc3ccc4c(c3)OCO4)nnc2-c2ccccc2)cc1. The predicted molar refractivity (Wildman–Crippen MR) is 127 cm³/mol. The number of fused-ring (bicyclic) bond motifs is 1. The first-order valence-corrected chi connectivity index (χ1v) is 11.5. The second-order valence-electron chi connectivity index (χ2n) is 7.60. The fraction of sp³-hybridized carbons (Fsp3) is 0.160. The average molecular weight is 459 g/mol. The molecule has 166 valence electrons. The Morgan fingerprint density at radius 1 is 1.00 bits per heavy atom. The maximum atomic E-state index is 12.5. The van der Waals surface area contributed by atoms with Gasteiger partial charge >= 0.3 is 0 Å². The van der Waals surface area contributed by atoms with E-state index >= 15 is 0 Å². The molecule has 2 heterocycles. The summed E-state index contributed by atoms with van der Waals surface area (Å²) in [6.07, 6.45) is 0. The summed E-state index contributed by atoms with van der Waals surface area (Å²) < 4.78 is 12.7. The standard InChI is InChI=1S/C25H22N4O3S/c1-17-7-10-20(11-8-17)29-24(19-5-3-2-4-6-19)27-28-25(29)33-15-23(30)26-14-18-9-12-21-22(13-18)32-16-31-21/h2-13H,14-16H2,1H3,(H,26,30). The lowest BCUT2D eigenvalue weighted by Crippen LogP contribution is -2.24. The number of nitrogens with zero attached hydrogens (tertiary/aromatic N) is 3. The Kier molecular flexibility index (Phi) is 5.99. The Morgan fingerprint density at radius 2 is 1.79 bits per heavy atom. The number of rotatable bonds is 7. The van der Waals surface area contributed by atoms with E-state index in [2.05, 4.69) is 27.6 Å². The van der Waals surface area contributed by atoms with E-state index in [0.29, 0.717) is 17.5 Å². The van der Waals surface area contributed by atoms with Gasteiger partial charge < -0.3 is 14.8 Å². The molecule has 0 aliphatic carbocycles. The van der Waals surface area contributed by atoms with Crippen LogP contribution in [0, 0.1) is 6.92 Å². The van der Waals surface area contributed by atoms with Crippen molar-refractivity contribution in [3.63, 3.8) is 0 Å². The average Bonchev–Trinajstić information content (AvgIpc) is 3.49. The number of carbonyl (C=O) groups excluding carboxylic acids is 1. The van der Waals surface area contributed by atoms with Crippen molar-refractivity contribution >= 4 is 17.7 Å². The van der Waals surface area contributed by atoms with E-state index in [9.17, 15) is 4.79 Å². The molecule has 1 N–H and O–H groups in total. The van der Waals surface area contributed by atoms with Crippen LogP contribution < -0.4 is 14.8 Å². The van der Waals surface area contributed by atoms with Crippen LogP contribution in [0.3, 0.4) is 0 Å². The molecule has 33 heavy (non-hydrogen) atoms. The molecule has 0 saturated heterocycles. The predicted octanol–water partition coefficient (Wildman–Crippen LogP) is 4.38. The van der Waals surface area contributed by atoms with Crippen molar-refractivity contribution in [3.8, 4) is 28.6 Å². The van der Waals surface area contributed by atoms with Crippen LogP contribution in [0.1, 0.15) is 11.1 Å². The molecular weight excluding hydrogens is 436 g/mol. The highest BCUT2D eigenvalue weighted by Crippen LogP contribution is 2.32. The highest BCUT2D eigenvalue weighted by atomic mass is 32.2. The lowest BCUT2D eigenvalue weighted by atomic mass is 10.2. The van der Waals surface area contributed by atoms with Gasteiger partial charge in [-0.1, -0.05) is 65.9 Å². The van der Waals surface area contributed by atoms with E-state index < -0.39 is 0 Å². The van der Waals surface area contributed by atoms with Crippen LogP contribution in [-0.4, -0.2) is 33.2 Å². The zero-order chi connectivity index (χ0) is 22.6. The molecule has 1 aliphatic rings. The Morgan fingerprint density at radius 3 is 2.61 bits per heavy atom. The van der Waals surface area contributed by atoms with Gasteiger partial charge in [-0.05, 0) is 36.8 Å². The first-order valence-electron chi connectivity index (χ1n) is 10.5. The van der Waals surface area contributed by atoms with Crippen molar-refractivity contribution in [2.24, 2.45) is 0 Å². The second-order valence-corrected chi connectivity index (χ2v) is 8.54. The Balaban J connectivity index is 1.30. The molecule has 0 atom stereocenters. The van der Waals surface area contributed by atoms with Crippen LogP contribution in [0.4, 0.5) is 0 Å². The monoisotopic (exact) mass is 458 g/mol.